The number of allylic oxidation sites excluding steroid dienone is 1. The van der Waals surface area contributed by atoms with Gasteiger partial charge >= 0.3 is 0 Å². The summed E-state index contributed by atoms with van der Waals surface area (Å²) >= 11 is 0. The molecule has 0 spiro atoms. The number of nitrogens with zero attached hydrogens (tertiary/aromatic N) is 2. The van der Waals surface area contributed by atoms with Gasteiger partial charge in [0, 0.05) is 11.3 Å². The predicted molar refractivity (Wildman–Crippen MR) is 78.3 cm³/mol. The third kappa shape index (κ3) is 2.15. The van der Waals surface area contributed by atoms with Crippen LogP contribution in [0, 0.1) is 11.3 Å². The molecule has 5 heteroatoms. The van der Waals surface area contributed by atoms with Gasteiger partial charge in [0.25, 0.3) is 0 Å². The fourth-order valence-electron chi connectivity index (χ4n) is 2.73. The molecule has 0 radical (unpaired) electrons. The van der Waals surface area contributed by atoms with Crippen LogP contribution in [0.3, 0.4) is 0 Å². The van der Waals surface area contributed by atoms with Crippen molar-refractivity contribution in [2.45, 2.75) is 25.7 Å². The lowest BCUT2D eigenvalue weighted by molar-refractivity contribution is 0.378. The van der Waals surface area contributed by atoms with Crippen LogP contribution in [0.1, 0.15) is 36.1 Å². The summed E-state index contributed by atoms with van der Waals surface area (Å²) in [5.41, 5.74) is 9.27. The summed E-state index contributed by atoms with van der Waals surface area (Å²) < 4.78 is 5.51. The Morgan fingerprint density at radius 1 is 1.38 bits per heavy atom. The third-order valence-electron chi connectivity index (χ3n) is 3.65. The molecule has 0 bridgehead atoms. The SMILES string of the molecule is CCCc1[nH]nc2c1C(c1ccccc1)C(C#N)=C(N)O2. The molecule has 2 heterocycles. The number of hydrogen-bond acceptors (Lipinski definition) is 4. The van der Waals surface area contributed by atoms with Crippen LogP contribution in [-0.2, 0) is 6.42 Å². The van der Waals surface area contributed by atoms with E-state index in [9.17, 15) is 5.26 Å². The zero-order valence-electron chi connectivity index (χ0n) is 11.8. The highest BCUT2D eigenvalue weighted by Gasteiger charge is 2.34. The van der Waals surface area contributed by atoms with Gasteiger partial charge in [0.15, 0.2) is 0 Å². The van der Waals surface area contributed by atoms with E-state index in [0.29, 0.717) is 11.5 Å². The zero-order chi connectivity index (χ0) is 14.8. The van der Waals surface area contributed by atoms with Crippen molar-refractivity contribution in [3.05, 3.63) is 58.6 Å². The number of nitriles is 1. The number of nitrogens with one attached hydrogen (secondary N) is 1. The van der Waals surface area contributed by atoms with Crippen LogP contribution in [0.25, 0.3) is 0 Å². The molecule has 0 saturated carbocycles. The second kappa shape index (κ2) is 5.33. The molecule has 0 aliphatic carbocycles. The molecule has 1 aliphatic heterocycles. The summed E-state index contributed by atoms with van der Waals surface area (Å²) in [6.07, 6.45) is 1.84. The monoisotopic (exact) mass is 280 g/mol. The Morgan fingerprint density at radius 3 is 2.81 bits per heavy atom. The normalized spacial score (nSPS) is 17.0. The lowest BCUT2D eigenvalue weighted by atomic mass is 9.83. The molecule has 1 aromatic heterocycles. The molecule has 3 N–H and O–H groups in total. The van der Waals surface area contributed by atoms with E-state index in [1.54, 1.807) is 0 Å². The minimum atomic E-state index is -0.222. The van der Waals surface area contributed by atoms with Crippen LogP contribution >= 0.6 is 0 Å². The number of nitrogens with two attached hydrogens (primary N) is 1. The van der Waals surface area contributed by atoms with E-state index in [1.165, 1.54) is 0 Å². The van der Waals surface area contributed by atoms with Gasteiger partial charge in [-0.05, 0) is 12.0 Å². The van der Waals surface area contributed by atoms with Gasteiger partial charge in [-0.15, -0.1) is 5.10 Å². The Labute approximate surface area is 123 Å². The molecular weight excluding hydrogens is 264 g/mol. The summed E-state index contributed by atoms with van der Waals surface area (Å²) in [5, 5.41) is 16.7. The molecule has 0 amide bonds. The lowest BCUT2D eigenvalue weighted by Gasteiger charge is -2.24. The Hall–Kier alpha value is -2.74. The van der Waals surface area contributed by atoms with Crippen LogP contribution < -0.4 is 10.5 Å². The minimum absolute atomic E-state index is 0.133. The summed E-state index contributed by atoms with van der Waals surface area (Å²) in [7, 11) is 0. The lowest BCUT2D eigenvalue weighted by Crippen LogP contribution is -2.21. The fourth-order valence-corrected chi connectivity index (χ4v) is 2.73. The topological polar surface area (TPSA) is 87.7 Å². The number of rotatable bonds is 3. The molecule has 0 saturated heterocycles. The summed E-state index contributed by atoms with van der Waals surface area (Å²) in [6, 6.07) is 12.0. The average Bonchev–Trinajstić information content (AvgIpc) is 2.89. The van der Waals surface area contributed by atoms with E-state index in [0.717, 1.165) is 29.7 Å². The Balaban J connectivity index is 2.20. The maximum absolute atomic E-state index is 9.48. The van der Waals surface area contributed by atoms with Crippen molar-refractivity contribution in [3.8, 4) is 11.9 Å². The van der Waals surface area contributed by atoms with Crippen LogP contribution in [0.15, 0.2) is 41.8 Å². The van der Waals surface area contributed by atoms with Gasteiger partial charge in [-0.25, -0.2) is 0 Å². The molecule has 1 aromatic carbocycles. The molecule has 21 heavy (non-hydrogen) atoms. The second-order valence-electron chi connectivity index (χ2n) is 5.01. The maximum Gasteiger partial charge on any atom is 0.244 e. The smallest absolute Gasteiger partial charge is 0.244 e. The summed E-state index contributed by atoms with van der Waals surface area (Å²) in [5.74, 6) is 0.387. The predicted octanol–water partition coefficient (Wildman–Crippen LogP) is 2.58. The van der Waals surface area contributed by atoms with Gasteiger partial charge < -0.3 is 10.5 Å². The first-order valence-electron chi connectivity index (χ1n) is 6.96. The molecule has 106 valence electrons. The minimum Gasteiger partial charge on any atom is -0.420 e. The summed E-state index contributed by atoms with van der Waals surface area (Å²) in [4.78, 5) is 0. The van der Waals surface area contributed by atoms with Gasteiger partial charge in [0.2, 0.25) is 11.8 Å². The van der Waals surface area contributed by atoms with Crippen molar-refractivity contribution in [1.82, 2.24) is 10.2 Å². The molecule has 3 rings (SSSR count). The van der Waals surface area contributed by atoms with Crippen molar-refractivity contribution in [2.24, 2.45) is 5.73 Å². The van der Waals surface area contributed by atoms with Gasteiger partial charge in [-0.3, -0.25) is 5.10 Å². The van der Waals surface area contributed by atoms with Crippen LogP contribution in [0.2, 0.25) is 0 Å². The van der Waals surface area contributed by atoms with Gasteiger partial charge in [-0.1, -0.05) is 43.7 Å². The van der Waals surface area contributed by atoms with Crippen LogP contribution in [0.4, 0.5) is 0 Å². The van der Waals surface area contributed by atoms with E-state index in [1.807, 2.05) is 30.3 Å². The highest BCUT2D eigenvalue weighted by atomic mass is 16.5. The van der Waals surface area contributed by atoms with E-state index >= 15 is 0 Å². The number of ether oxygens (including phenoxy) is 1. The first-order valence-corrected chi connectivity index (χ1v) is 6.96. The number of hydrogen-bond donors (Lipinski definition) is 2. The Morgan fingerprint density at radius 2 is 2.14 bits per heavy atom. The molecular formula is C16H16N4O. The molecule has 1 atom stereocenters. The zero-order valence-corrected chi connectivity index (χ0v) is 11.8. The number of aromatic nitrogens is 2. The molecule has 5 nitrogen and oxygen atoms in total. The standard InChI is InChI=1S/C16H16N4O/c1-2-6-12-14-13(10-7-4-3-5-8-10)11(9-17)15(18)21-16(14)20-19-12/h3-5,7-8,13H,2,6,18H2,1H3,(H,19,20). The number of H-pyrrole nitrogens is 1. The Kier molecular flexibility index (Phi) is 3.36. The van der Waals surface area contributed by atoms with E-state index < -0.39 is 0 Å². The highest BCUT2D eigenvalue weighted by Crippen LogP contribution is 2.42. The van der Waals surface area contributed by atoms with Crippen molar-refractivity contribution in [3.63, 3.8) is 0 Å². The molecule has 1 aliphatic rings. The van der Waals surface area contributed by atoms with Gasteiger partial charge in [0.05, 0.1) is 5.92 Å². The molecule has 0 fully saturated rings. The van der Waals surface area contributed by atoms with Crippen molar-refractivity contribution in [1.29, 1.82) is 5.26 Å². The third-order valence-corrected chi connectivity index (χ3v) is 3.65. The van der Waals surface area contributed by atoms with Crippen molar-refractivity contribution in [2.75, 3.05) is 0 Å². The number of fused-ring (bicyclic) bond motifs is 1. The second-order valence-corrected chi connectivity index (χ2v) is 5.01. The van der Waals surface area contributed by atoms with E-state index in [-0.39, 0.29) is 11.8 Å². The van der Waals surface area contributed by atoms with E-state index in [2.05, 4.69) is 23.2 Å². The average molecular weight is 280 g/mol. The Bertz CT molecular complexity index is 724. The quantitative estimate of drug-likeness (QED) is 0.904. The van der Waals surface area contributed by atoms with Gasteiger partial charge in [-0.2, -0.15) is 5.26 Å². The number of benzene rings is 1. The van der Waals surface area contributed by atoms with Crippen molar-refractivity contribution < 1.29 is 4.74 Å². The van der Waals surface area contributed by atoms with Crippen LogP contribution in [0.5, 0.6) is 5.88 Å². The van der Waals surface area contributed by atoms with Crippen molar-refractivity contribution >= 4 is 0 Å². The highest BCUT2D eigenvalue weighted by molar-refractivity contribution is 5.55. The van der Waals surface area contributed by atoms with Crippen LogP contribution in [-0.4, -0.2) is 10.2 Å². The summed E-state index contributed by atoms with van der Waals surface area (Å²) in [6.45, 7) is 2.10. The molecule has 1 unspecified atom stereocenters. The largest absolute Gasteiger partial charge is 0.420 e. The number of aromatic amines is 1. The molecule has 2 aromatic rings. The first-order chi connectivity index (χ1) is 10.3. The van der Waals surface area contributed by atoms with Gasteiger partial charge in [0.1, 0.15) is 11.6 Å². The van der Waals surface area contributed by atoms with E-state index in [4.69, 9.17) is 10.5 Å². The maximum atomic E-state index is 9.48. The first kappa shape index (κ1) is 13.3. The fraction of sp³-hybridized carbons (Fsp3) is 0.250. The number of aryl methyl sites for hydroxylation is 1.